The molecule has 0 fully saturated rings. The maximum absolute atomic E-state index is 5.22. The first kappa shape index (κ1) is 6.84. The van der Waals surface area contributed by atoms with Crippen LogP contribution in [0.25, 0.3) is 0 Å². The van der Waals surface area contributed by atoms with Crippen LogP contribution in [-0.2, 0) is 4.84 Å². The molecule has 0 saturated carbocycles. The van der Waals surface area contributed by atoms with Gasteiger partial charge in [0, 0.05) is 0 Å². The van der Waals surface area contributed by atoms with Crippen LogP contribution in [0, 0.1) is 0 Å². The van der Waals surface area contributed by atoms with Gasteiger partial charge >= 0.3 is 0 Å². The summed E-state index contributed by atoms with van der Waals surface area (Å²) in [6.07, 6.45) is 0.467. The van der Waals surface area contributed by atoms with E-state index in [4.69, 9.17) is 11.6 Å². The summed E-state index contributed by atoms with van der Waals surface area (Å²) in [6, 6.07) is 0. The van der Waals surface area contributed by atoms with E-state index in [2.05, 4.69) is 4.84 Å². The fourth-order valence-corrected chi connectivity index (χ4v) is 0.171. The van der Waals surface area contributed by atoms with Crippen molar-refractivity contribution in [3.63, 3.8) is 0 Å². The molecule has 5 N–H and O–H groups in total. The van der Waals surface area contributed by atoms with E-state index in [9.17, 15) is 0 Å². The molecule has 0 aliphatic rings. The zero-order valence-corrected chi connectivity index (χ0v) is 4.35. The highest BCUT2D eigenvalue weighted by molar-refractivity contribution is 4.35. The largest absolute Gasteiger partial charge is 0.304 e. The first-order valence-corrected chi connectivity index (χ1v) is 2.18. The van der Waals surface area contributed by atoms with E-state index in [1.54, 1.807) is 0 Å². The highest BCUT2D eigenvalue weighted by Gasteiger charge is 1.92. The summed E-state index contributed by atoms with van der Waals surface area (Å²) in [5.74, 6) is 4.75. The molecular formula is C3H11N3O. The summed E-state index contributed by atoms with van der Waals surface area (Å²) < 4.78 is 0. The average Bonchev–Trinajstić information content (AvgIpc) is 1.68. The highest BCUT2D eigenvalue weighted by atomic mass is 16.7. The molecule has 4 heteroatoms. The van der Waals surface area contributed by atoms with Crippen molar-refractivity contribution in [1.29, 1.82) is 0 Å². The molecule has 0 spiro atoms. The third-order valence-electron chi connectivity index (χ3n) is 0.622. The minimum atomic E-state index is -0.287. The Kier molecular flexibility index (Phi) is 3.92. The van der Waals surface area contributed by atoms with Crippen molar-refractivity contribution in [2.45, 2.75) is 19.6 Å². The van der Waals surface area contributed by atoms with E-state index in [0.717, 1.165) is 6.42 Å². The van der Waals surface area contributed by atoms with Crippen LogP contribution in [0.15, 0.2) is 0 Å². The lowest BCUT2D eigenvalue weighted by Gasteiger charge is -2.05. The smallest absolute Gasteiger partial charge is 0.128 e. The van der Waals surface area contributed by atoms with Gasteiger partial charge in [0.25, 0.3) is 0 Å². The molecule has 7 heavy (non-hydrogen) atoms. The molecule has 0 aromatic carbocycles. The molecule has 0 saturated heterocycles. The SMILES string of the molecule is CCC(N)ONN. The third kappa shape index (κ3) is 3.68. The van der Waals surface area contributed by atoms with Crippen LogP contribution in [-0.4, -0.2) is 6.23 Å². The van der Waals surface area contributed by atoms with Gasteiger partial charge in [0.2, 0.25) is 0 Å². The van der Waals surface area contributed by atoms with Crippen LogP contribution >= 0.6 is 0 Å². The number of hydrogen-bond donors (Lipinski definition) is 3. The molecule has 4 nitrogen and oxygen atoms in total. The van der Waals surface area contributed by atoms with E-state index in [1.165, 1.54) is 0 Å². The Morgan fingerprint density at radius 2 is 2.43 bits per heavy atom. The van der Waals surface area contributed by atoms with Gasteiger partial charge in [-0.1, -0.05) is 6.92 Å². The lowest BCUT2D eigenvalue weighted by atomic mass is 10.5. The van der Waals surface area contributed by atoms with Gasteiger partial charge in [0.1, 0.15) is 6.23 Å². The Bertz CT molecular complexity index is 41.2. The maximum atomic E-state index is 5.22. The van der Waals surface area contributed by atoms with Crippen LogP contribution < -0.4 is 17.2 Å². The summed E-state index contributed by atoms with van der Waals surface area (Å²) in [7, 11) is 0. The second-order valence-electron chi connectivity index (χ2n) is 1.18. The van der Waals surface area contributed by atoms with Crippen molar-refractivity contribution >= 4 is 0 Å². The van der Waals surface area contributed by atoms with Gasteiger partial charge in [-0.25, -0.2) is 5.84 Å². The van der Waals surface area contributed by atoms with Crippen molar-refractivity contribution in [3.8, 4) is 0 Å². The van der Waals surface area contributed by atoms with Crippen molar-refractivity contribution in [3.05, 3.63) is 0 Å². The third-order valence-corrected chi connectivity index (χ3v) is 0.622. The van der Waals surface area contributed by atoms with Crippen molar-refractivity contribution in [2.24, 2.45) is 11.6 Å². The summed E-state index contributed by atoms with van der Waals surface area (Å²) >= 11 is 0. The number of hydrazine groups is 1. The Morgan fingerprint density at radius 1 is 1.86 bits per heavy atom. The normalized spacial score (nSPS) is 14.1. The number of nitrogens with one attached hydrogen (secondary N) is 1. The van der Waals surface area contributed by atoms with Gasteiger partial charge in [0.15, 0.2) is 0 Å². The quantitative estimate of drug-likeness (QED) is 0.246. The molecule has 44 valence electrons. The van der Waals surface area contributed by atoms with Crippen LogP contribution in [0.5, 0.6) is 0 Å². The molecule has 0 aromatic rings. The van der Waals surface area contributed by atoms with Crippen LogP contribution in [0.4, 0.5) is 0 Å². The molecule has 0 aliphatic heterocycles. The maximum Gasteiger partial charge on any atom is 0.128 e. The predicted molar refractivity (Wildman–Crippen MR) is 26.7 cm³/mol. The highest BCUT2D eigenvalue weighted by Crippen LogP contribution is 1.81. The Balaban J connectivity index is 2.83. The molecule has 0 aromatic heterocycles. The van der Waals surface area contributed by atoms with E-state index >= 15 is 0 Å². The summed E-state index contributed by atoms with van der Waals surface area (Å²) in [5.41, 5.74) is 7.21. The Morgan fingerprint density at radius 3 is 2.57 bits per heavy atom. The topological polar surface area (TPSA) is 73.3 Å². The number of hydrogen-bond acceptors (Lipinski definition) is 4. The fourth-order valence-electron chi connectivity index (χ4n) is 0.171. The second kappa shape index (κ2) is 4.01. The van der Waals surface area contributed by atoms with Crippen molar-refractivity contribution in [1.82, 2.24) is 5.59 Å². The molecule has 0 bridgehead atoms. The predicted octanol–water partition coefficient (Wildman–Crippen LogP) is -0.924. The zero-order chi connectivity index (χ0) is 5.70. The Labute approximate surface area is 42.7 Å². The fraction of sp³-hybridized carbons (Fsp3) is 1.00. The molecule has 1 atom stereocenters. The zero-order valence-electron chi connectivity index (χ0n) is 4.35. The number of rotatable bonds is 3. The van der Waals surface area contributed by atoms with E-state index in [-0.39, 0.29) is 6.23 Å². The van der Waals surface area contributed by atoms with E-state index in [0.29, 0.717) is 0 Å². The molecule has 0 amide bonds. The summed E-state index contributed by atoms with van der Waals surface area (Å²) in [5, 5.41) is 0. The molecule has 1 unspecified atom stereocenters. The number of nitrogens with two attached hydrogens (primary N) is 2. The van der Waals surface area contributed by atoms with Gasteiger partial charge in [-0.15, -0.1) is 5.59 Å². The Hall–Kier alpha value is -0.160. The van der Waals surface area contributed by atoms with E-state index in [1.807, 2.05) is 12.5 Å². The second-order valence-corrected chi connectivity index (χ2v) is 1.18. The van der Waals surface area contributed by atoms with E-state index < -0.39 is 0 Å². The van der Waals surface area contributed by atoms with Gasteiger partial charge < -0.3 is 5.73 Å². The van der Waals surface area contributed by atoms with Gasteiger partial charge in [-0.2, -0.15) is 0 Å². The molecular weight excluding hydrogens is 94.1 g/mol. The molecule has 0 rings (SSSR count). The van der Waals surface area contributed by atoms with Crippen LogP contribution in [0.3, 0.4) is 0 Å². The van der Waals surface area contributed by atoms with Crippen LogP contribution in [0.1, 0.15) is 13.3 Å². The standard InChI is InChI=1S/C3H11N3O/c1-2-3(4)7-6-5/h3,6H,2,4-5H2,1H3. The molecule has 0 radical (unpaired) electrons. The van der Waals surface area contributed by atoms with Crippen LogP contribution in [0.2, 0.25) is 0 Å². The first-order valence-electron chi connectivity index (χ1n) is 2.18. The molecule has 0 aliphatic carbocycles. The molecule has 0 heterocycles. The minimum Gasteiger partial charge on any atom is -0.304 e. The minimum absolute atomic E-state index is 0.287. The van der Waals surface area contributed by atoms with Gasteiger partial charge in [0.05, 0.1) is 0 Å². The first-order chi connectivity index (χ1) is 3.31. The lowest BCUT2D eigenvalue weighted by Crippen LogP contribution is -2.34. The van der Waals surface area contributed by atoms with Crippen molar-refractivity contribution < 1.29 is 4.84 Å². The van der Waals surface area contributed by atoms with Gasteiger partial charge in [-0.05, 0) is 6.42 Å². The average molecular weight is 105 g/mol. The lowest BCUT2D eigenvalue weighted by molar-refractivity contribution is -0.0233. The van der Waals surface area contributed by atoms with Crippen molar-refractivity contribution in [2.75, 3.05) is 0 Å². The monoisotopic (exact) mass is 105 g/mol. The summed E-state index contributed by atoms with van der Waals surface area (Å²) in [4.78, 5) is 4.50. The summed E-state index contributed by atoms with van der Waals surface area (Å²) in [6.45, 7) is 1.90. The van der Waals surface area contributed by atoms with Gasteiger partial charge in [-0.3, -0.25) is 4.84 Å².